The molecule has 7 nitrogen and oxygen atoms in total. The summed E-state index contributed by atoms with van der Waals surface area (Å²) in [7, 11) is 0. The van der Waals surface area contributed by atoms with Gasteiger partial charge in [-0.3, -0.25) is 4.79 Å². The Morgan fingerprint density at radius 3 is 2.55 bits per heavy atom. The molecule has 0 aliphatic carbocycles. The molecule has 0 aliphatic heterocycles. The third kappa shape index (κ3) is 3.47. The second-order valence-electron chi connectivity index (χ2n) is 6.89. The van der Waals surface area contributed by atoms with Crippen LogP contribution >= 0.6 is 11.3 Å². The van der Waals surface area contributed by atoms with Crippen LogP contribution in [0.5, 0.6) is 0 Å². The van der Waals surface area contributed by atoms with Crippen LogP contribution in [0, 0.1) is 20.8 Å². The molecule has 0 spiro atoms. The van der Waals surface area contributed by atoms with E-state index in [1.807, 2.05) is 39.0 Å². The SMILES string of the molecule is Cc1sc2nc([C@H](C)OC(=O)c3ccc(-n4nccc4C)cc3)[nH]c(=O)c2c1C. The van der Waals surface area contributed by atoms with Crippen LogP contribution in [0.2, 0.25) is 0 Å². The van der Waals surface area contributed by atoms with Crippen LogP contribution < -0.4 is 5.56 Å². The number of fused-ring (bicyclic) bond motifs is 1. The summed E-state index contributed by atoms with van der Waals surface area (Å²) in [5.74, 6) is -0.150. The van der Waals surface area contributed by atoms with Gasteiger partial charge >= 0.3 is 5.97 Å². The van der Waals surface area contributed by atoms with Crippen LogP contribution in [-0.4, -0.2) is 25.7 Å². The standard InChI is InChI=1S/C21H20N4O3S/c1-11-9-10-22-25(11)16-7-5-15(6-8-16)21(27)28-13(3)18-23-19(26)17-12(2)14(4)29-20(17)24-18/h5-10,13H,1-4H3,(H,23,24,26)/t13-/m0/s1. The Morgan fingerprint density at radius 1 is 1.17 bits per heavy atom. The number of nitrogens with zero attached hydrogens (tertiary/aromatic N) is 3. The van der Waals surface area contributed by atoms with Crippen molar-refractivity contribution in [2.24, 2.45) is 0 Å². The zero-order valence-electron chi connectivity index (χ0n) is 16.5. The second-order valence-corrected chi connectivity index (χ2v) is 8.10. The maximum atomic E-state index is 12.5. The van der Waals surface area contributed by atoms with E-state index in [9.17, 15) is 9.59 Å². The summed E-state index contributed by atoms with van der Waals surface area (Å²) in [5.41, 5.74) is 2.99. The van der Waals surface area contributed by atoms with Crippen molar-refractivity contribution < 1.29 is 9.53 Å². The lowest BCUT2D eigenvalue weighted by molar-refractivity contribution is 0.0320. The quantitative estimate of drug-likeness (QED) is 0.515. The molecule has 0 saturated heterocycles. The third-order valence-electron chi connectivity index (χ3n) is 4.91. The van der Waals surface area contributed by atoms with Gasteiger partial charge in [0, 0.05) is 16.8 Å². The van der Waals surface area contributed by atoms with E-state index in [1.165, 1.54) is 11.3 Å². The van der Waals surface area contributed by atoms with Crippen molar-refractivity contribution in [2.75, 3.05) is 0 Å². The molecule has 8 heteroatoms. The van der Waals surface area contributed by atoms with E-state index in [0.717, 1.165) is 21.8 Å². The topological polar surface area (TPSA) is 89.9 Å². The number of ether oxygens (including phenoxy) is 1. The molecule has 1 aromatic carbocycles. The highest BCUT2D eigenvalue weighted by molar-refractivity contribution is 7.18. The van der Waals surface area contributed by atoms with Gasteiger partial charge in [-0.25, -0.2) is 14.5 Å². The number of carbonyl (C=O) groups excluding carboxylic acids is 1. The van der Waals surface area contributed by atoms with Crippen molar-refractivity contribution >= 4 is 27.5 Å². The van der Waals surface area contributed by atoms with Gasteiger partial charge in [0.15, 0.2) is 11.9 Å². The lowest BCUT2D eigenvalue weighted by Gasteiger charge is -2.13. The molecule has 0 bridgehead atoms. The van der Waals surface area contributed by atoms with Crippen LogP contribution in [0.3, 0.4) is 0 Å². The maximum absolute atomic E-state index is 12.5. The number of aryl methyl sites for hydroxylation is 3. The van der Waals surface area contributed by atoms with E-state index in [4.69, 9.17) is 4.74 Å². The van der Waals surface area contributed by atoms with E-state index < -0.39 is 12.1 Å². The number of benzene rings is 1. The molecule has 3 aromatic heterocycles. The van der Waals surface area contributed by atoms with Crippen LogP contribution in [0.4, 0.5) is 0 Å². The number of nitrogens with one attached hydrogen (secondary N) is 1. The zero-order chi connectivity index (χ0) is 20.7. The minimum absolute atomic E-state index is 0.214. The Bertz CT molecular complexity index is 1270. The first-order valence-electron chi connectivity index (χ1n) is 9.17. The van der Waals surface area contributed by atoms with Gasteiger partial charge in [-0.1, -0.05) is 0 Å². The average molecular weight is 408 g/mol. The maximum Gasteiger partial charge on any atom is 0.338 e. The van der Waals surface area contributed by atoms with E-state index in [2.05, 4.69) is 15.1 Å². The molecule has 0 aliphatic rings. The fourth-order valence-electron chi connectivity index (χ4n) is 3.13. The van der Waals surface area contributed by atoms with E-state index in [0.29, 0.717) is 21.6 Å². The number of carbonyl (C=O) groups is 1. The number of aromatic amines is 1. The van der Waals surface area contributed by atoms with Crippen LogP contribution in [0.25, 0.3) is 15.9 Å². The van der Waals surface area contributed by atoms with Gasteiger partial charge in [-0.2, -0.15) is 5.10 Å². The van der Waals surface area contributed by atoms with E-state index >= 15 is 0 Å². The Hall–Kier alpha value is -3.26. The molecule has 0 fully saturated rings. The number of hydrogen-bond acceptors (Lipinski definition) is 6. The molecule has 0 radical (unpaired) electrons. The zero-order valence-corrected chi connectivity index (χ0v) is 17.3. The van der Waals surface area contributed by atoms with Crippen molar-refractivity contribution in [1.82, 2.24) is 19.7 Å². The number of rotatable bonds is 4. The summed E-state index contributed by atoms with van der Waals surface area (Å²) in [4.78, 5) is 33.9. The number of thiophene rings is 1. The average Bonchev–Trinajstić information content (AvgIpc) is 3.25. The van der Waals surface area contributed by atoms with E-state index in [-0.39, 0.29) is 5.56 Å². The van der Waals surface area contributed by atoms with Gasteiger partial charge in [0.1, 0.15) is 4.83 Å². The van der Waals surface area contributed by atoms with Crippen molar-refractivity contribution in [1.29, 1.82) is 0 Å². The lowest BCUT2D eigenvalue weighted by Crippen LogP contribution is -2.17. The summed E-state index contributed by atoms with van der Waals surface area (Å²) in [6.07, 6.45) is 1.04. The van der Waals surface area contributed by atoms with Gasteiger partial charge in [-0.05, 0) is 63.6 Å². The van der Waals surface area contributed by atoms with E-state index in [1.54, 1.807) is 29.9 Å². The first kappa shape index (κ1) is 19.1. The van der Waals surface area contributed by atoms with Crippen molar-refractivity contribution in [3.63, 3.8) is 0 Å². The minimum atomic E-state index is -0.685. The fraction of sp³-hybridized carbons (Fsp3) is 0.238. The summed E-state index contributed by atoms with van der Waals surface area (Å²) >= 11 is 1.46. The summed E-state index contributed by atoms with van der Waals surface area (Å²) in [5, 5.41) is 4.85. The van der Waals surface area contributed by atoms with Crippen LogP contribution in [0.15, 0.2) is 41.3 Å². The minimum Gasteiger partial charge on any atom is -0.451 e. The Kier molecular flexibility index (Phi) is 4.79. The Labute approximate surface area is 171 Å². The second kappa shape index (κ2) is 7.29. The molecule has 4 aromatic rings. The number of H-pyrrole nitrogens is 1. The highest BCUT2D eigenvalue weighted by Crippen LogP contribution is 2.27. The first-order chi connectivity index (χ1) is 13.8. The highest BCUT2D eigenvalue weighted by atomic mass is 32.1. The molecule has 148 valence electrons. The predicted molar refractivity (Wildman–Crippen MR) is 112 cm³/mol. The molecular weight excluding hydrogens is 388 g/mol. The monoisotopic (exact) mass is 408 g/mol. The van der Waals surface area contributed by atoms with Crippen molar-refractivity contribution in [2.45, 2.75) is 33.8 Å². The molecule has 1 N–H and O–H groups in total. The molecule has 4 rings (SSSR count). The molecule has 0 unspecified atom stereocenters. The number of esters is 1. The van der Waals surface area contributed by atoms with Gasteiger partial charge in [0.2, 0.25) is 0 Å². The summed E-state index contributed by atoms with van der Waals surface area (Å²) < 4.78 is 7.31. The lowest BCUT2D eigenvalue weighted by atomic mass is 10.2. The first-order valence-corrected chi connectivity index (χ1v) is 9.98. The largest absolute Gasteiger partial charge is 0.451 e. The molecule has 1 atom stereocenters. The molecule has 29 heavy (non-hydrogen) atoms. The van der Waals surface area contributed by atoms with Gasteiger partial charge < -0.3 is 9.72 Å². The highest BCUT2D eigenvalue weighted by Gasteiger charge is 2.19. The fourth-order valence-corrected chi connectivity index (χ4v) is 4.16. The molecule has 3 heterocycles. The molecule has 0 amide bonds. The van der Waals surface area contributed by atoms with Gasteiger partial charge in [0.25, 0.3) is 5.56 Å². The van der Waals surface area contributed by atoms with Crippen LogP contribution in [-0.2, 0) is 4.74 Å². The van der Waals surface area contributed by atoms with Crippen LogP contribution in [0.1, 0.15) is 45.3 Å². The van der Waals surface area contributed by atoms with Crippen molar-refractivity contribution in [3.05, 3.63) is 74.4 Å². The van der Waals surface area contributed by atoms with Crippen molar-refractivity contribution in [3.8, 4) is 5.69 Å². The predicted octanol–water partition coefficient (Wildman–Crippen LogP) is 4.01. The molecule has 0 saturated carbocycles. The number of aromatic nitrogens is 4. The smallest absolute Gasteiger partial charge is 0.338 e. The third-order valence-corrected chi connectivity index (χ3v) is 6.01. The summed E-state index contributed by atoms with van der Waals surface area (Å²) in [6.45, 7) is 7.51. The van der Waals surface area contributed by atoms with Gasteiger partial charge in [-0.15, -0.1) is 11.3 Å². The van der Waals surface area contributed by atoms with Gasteiger partial charge in [0.05, 0.1) is 16.6 Å². The normalized spacial score (nSPS) is 12.3. The Balaban J connectivity index is 1.54. The number of hydrogen-bond donors (Lipinski definition) is 1. The molecular formula is C21H20N4O3S. The Morgan fingerprint density at radius 2 is 1.90 bits per heavy atom. The summed E-state index contributed by atoms with van der Waals surface area (Å²) in [6, 6.07) is 8.91.